The average Bonchev–Trinajstić information content (AvgIpc) is 3.46. The molecule has 160 valence electrons. The summed E-state index contributed by atoms with van der Waals surface area (Å²) in [6.45, 7) is 4.97. The molecule has 0 radical (unpaired) electrons. The van der Waals surface area contributed by atoms with Gasteiger partial charge in [-0.05, 0) is 43.9 Å². The summed E-state index contributed by atoms with van der Waals surface area (Å²) < 4.78 is 0. The summed E-state index contributed by atoms with van der Waals surface area (Å²) in [5.74, 6) is -1.96. The number of unbranched alkanes of at least 4 members (excludes halogenated alkanes) is 2. The predicted octanol–water partition coefficient (Wildman–Crippen LogP) is 5.04. The van der Waals surface area contributed by atoms with Crippen molar-refractivity contribution in [2.75, 3.05) is 24.5 Å². The van der Waals surface area contributed by atoms with Gasteiger partial charge in [0.2, 0.25) is 11.6 Å². The number of thioether (sulfide) groups is 1. The summed E-state index contributed by atoms with van der Waals surface area (Å²) in [6.07, 6.45) is 10.8. The number of anilines is 1. The largest absolute Gasteiger partial charge is 0.511 e. The van der Waals surface area contributed by atoms with Gasteiger partial charge in [0, 0.05) is 29.8 Å². The quantitative estimate of drug-likeness (QED) is 0.471. The highest BCUT2D eigenvalue weighted by Gasteiger charge is 2.46. The summed E-state index contributed by atoms with van der Waals surface area (Å²) in [4.78, 5) is 33.1. The maximum atomic E-state index is 12.8. The lowest BCUT2D eigenvalue weighted by Crippen LogP contribution is -2.28. The smallest absolute Gasteiger partial charge is 0.234 e. The van der Waals surface area contributed by atoms with Crippen molar-refractivity contribution in [2.45, 2.75) is 50.7 Å². The van der Waals surface area contributed by atoms with Gasteiger partial charge in [-0.3, -0.25) is 14.6 Å². The maximum absolute atomic E-state index is 12.8. The number of aliphatic imine (C=N–C) groups is 1. The average molecular weight is 445 g/mol. The molecule has 0 aromatic carbocycles. The van der Waals surface area contributed by atoms with E-state index in [0.717, 1.165) is 48.9 Å². The molecule has 1 saturated heterocycles. The molecule has 1 N–H and O–H groups in total. The van der Waals surface area contributed by atoms with E-state index in [0.29, 0.717) is 4.88 Å². The molecular formula is C23H28N2O3S2. The van der Waals surface area contributed by atoms with Gasteiger partial charge in [-0.2, -0.15) is 0 Å². The van der Waals surface area contributed by atoms with E-state index in [4.69, 9.17) is 0 Å². The van der Waals surface area contributed by atoms with Crippen LogP contribution in [0, 0.1) is 5.92 Å². The Morgan fingerprint density at radius 1 is 1.17 bits per heavy atom. The molecule has 1 fully saturated rings. The van der Waals surface area contributed by atoms with E-state index < -0.39 is 17.5 Å². The number of allylic oxidation sites excluding steroid dienone is 2. The fraction of sp³-hybridized carbons (Fsp3) is 0.522. The van der Waals surface area contributed by atoms with E-state index >= 15 is 0 Å². The van der Waals surface area contributed by atoms with Crippen molar-refractivity contribution in [1.29, 1.82) is 0 Å². The molecule has 4 rings (SSSR count). The molecule has 1 aromatic heterocycles. The van der Waals surface area contributed by atoms with Crippen molar-refractivity contribution in [3.8, 4) is 0 Å². The van der Waals surface area contributed by atoms with E-state index in [1.807, 2.05) is 24.3 Å². The molecule has 2 unspecified atom stereocenters. The molecule has 1 aliphatic carbocycles. The lowest BCUT2D eigenvalue weighted by atomic mass is 10.0. The van der Waals surface area contributed by atoms with Crippen molar-refractivity contribution in [3.63, 3.8) is 0 Å². The number of thiophene rings is 1. The van der Waals surface area contributed by atoms with Crippen LogP contribution in [0.2, 0.25) is 0 Å². The number of carbonyl (C=O) groups excluding carboxylic acids is 2. The van der Waals surface area contributed by atoms with Crippen LogP contribution < -0.4 is 4.90 Å². The van der Waals surface area contributed by atoms with Gasteiger partial charge in [0.1, 0.15) is 5.76 Å². The first-order valence-electron chi connectivity index (χ1n) is 10.9. The first-order chi connectivity index (χ1) is 14.6. The van der Waals surface area contributed by atoms with Gasteiger partial charge in [0.05, 0.1) is 21.5 Å². The fourth-order valence-electron chi connectivity index (χ4n) is 4.16. The summed E-state index contributed by atoms with van der Waals surface area (Å²) in [5.41, 5.74) is 0.195. The standard InChI is InChI=1S/C23H28N2O3S2/c1-2-3-5-12-24-17-10-8-15(29-17)19-21(26)20(23(28)22(19)27)16-9-11-18(30-16)25-13-6-4-7-14-25/h8-11,15,19,26H,2-7,12-14H2,1H3/b24-17-. The molecule has 5 nitrogen and oxygen atoms in total. The van der Waals surface area contributed by atoms with Gasteiger partial charge in [-0.25, -0.2) is 0 Å². The van der Waals surface area contributed by atoms with E-state index in [1.165, 1.54) is 42.4 Å². The molecule has 2 aliphatic heterocycles. The van der Waals surface area contributed by atoms with Gasteiger partial charge in [-0.1, -0.05) is 37.6 Å². The second kappa shape index (κ2) is 9.52. The number of ketones is 2. The zero-order chi connectivity index (χ0) is 21.1. The molecule has 30 heavy (non-hydrogen) atoms. The topological polar surface area (TPSA) is 70.0 Å². The van der Waals surface area contributed by atoms with Crippen LogP contribution in [-0.4, -0.2) is 46.6 Å². The number of nitrogens with zero attached hydrogens (tertiary/aromatic N) is 2. The van der Waals surface area contributed by atoms with Gasteiger partial charge in [0.15, 0.2) is 0 Å². The van der Waals surface area contributed by atoms with Crippen LogP contribution in [0.3, 0.4) is 0 Å². The second-order valence-corrected chi connectivity index (χ2v) is 10.2. The van der Waals surface area contributed by atoms with Crippen LogP contribution in [0.4, 0.5) is 5.00 Å². The number of carbonyl (C=O) groups is 2. The number of piperidine rings is 1. The minimum absolute atomic E-state index is 0.0774. The normalized spacial score (nSPS) is 25.9. The Morgan fingerprint density at radius 3 is 2.73 bits per heavy atom. The van der Waals surface area contributed by atoms with Crippen molar-refractivity contribution < 1.29 is 14.7 Å². The zero-order valence-electron chi connectivity index (χ0n) is 17.3. The number of aliphatic hydroxyl groups excluding tert-OH is 1. The Balaban J connectivity index is 1.50. The lowest BCUT2D eigenvalue weighted by molar-refractivity contribution is -0.134. The molecule has 0 saturated carbocycles. The third-order valence-electron chi connectivity index (χ3n) is 5.83. The zero-order valence-corrected chi connectivity index (χ0v) is 18.9. The molecule has 3 aliphatic rings. The Bertz CT molecular complexity index is 909. The van der Waals surface area contributed by atoms with E-state index in [1.54, 1.807) is 0 Å². The second-order valence-electron chi connectivity index (χ2n) is 7.99. The summed E-state index contributed by atoms with van der Waals surface area (Å²) >= 11 is 2.96. The summed E-state index contributed by atoms with van der Waals surface area (Å²) in [7, 11) is 0. The van der Waals surface area contributed by atoms with Gasteiger partial charge in [-0.15, -0.1) is 11.3 Å². The minimum Gasteiger partial charge on any atom is -0.511 e. The molecule has 3 heterocycles. The van der Waals surface area contributed by atoms with Crippen LogP contribution >= 0.6 is 23.1 Å². The van der Waals surface area contributed by atoms with Crippen molar-refractivity contribution in [2.24, 2.45) is 10.9 Å². The third kappa shape index (κ3) is 4.28. The molecular weight excluding hydrogens is 416 g/mol. The highest BCUT2D eigenvalue weighted by molar-refractivity contribution is 8.15. The van der Waals surface area contributed by atoms with E-state index in [-0.39, 0.29) is 16.6 Å². The highest BCUT2D eigenvalue weighted by atomic mass is 32.2. The number of hydrogen-bond acceptors (Lipinski definition) is 7. The number of aliphatic hydroxyl groups is 1. The first kappa shape index (κ1) is 21.4. The van der Waals surface area contributed by atoms with Crippen molar-refractivity contribution >= 4 is 50.3 Å². The summed E-state index contributed by atoms with van der Waals surface area (Å²) in [5, 5.41) is 12.6. The van der Waals surface area contributed by atoms with E-state index in [9.17, 15) is 14.7 Å². The Kier molecular flexibility index (Phi) is 6.78. The minimum atomic E-state index is -0.808. The van der Waals surface area contributed by atoms with Crippen LogP contribution in [0.25, 0.3) is 5.57 Å². The van der Waals surface area contributed by atoms with Gasteiger partial charge >= 0.3 is 0 Å². The third-order valence-corrected chi connectivity index (χ3v) is 8.20. The number of Topliss-reactive ketones (excluding diaryl/α,β-unsaturated/α-hetero) is 2. The molecule has 0 bridgehead atoms. The van der Waals surface area contributed by atoms with E-state index in [2.05, 4.69) is 16.8 Å². The first-order valence-corrected chi connectivity index (χ1v) is 12.6. The van der Waals surface area contributed by atoms with Crippen molar-refractivity contribution in [1.82, 2.24) is 0 Å². The van der Waals surface area contributed by atoms with Crippen molar-refractivity contribution in [3.05, 3.63) is 34.9 Å². The Hall–Kier alpha value is -1.86. The molecule has 7 heteroatoms. The molecule has 1 aromatic rings. The van der Waals surface area contributed by atoms with Gasteiger partial charge in [0.25, 0.3) is 0 Å². The van der Waals surface area contributed by atoms with Gasteiger partial charge < -0.3 is 10.0 Å². The lowest BCUT2D eigenvalue weighted by Gasteiger charge is -2.27. The molecule has 2 atom stereocenters. The summed E-state index contributed by atoms with van der Waals surface area (Å²) in [6, 6.07) is 3.87. The van der Waals surface area contributed by atoms with Crippen LogP contribution in [0.1, 0.15) is 50.3 Å². The Morgan fingerprint density at radius 2 is 1.97 bits per heavy atom. The monoisotopic (exact) mass is 444 g/mol. The van der Waals surface area contributed by atoms with Crippen LogP contribution in [-0.2, 0) is 9.59 Å². The van der Waals surface area contributed by atoms with Crippen LogP contribution in [0.15, 0.2) is 35.0 Å². The number of hydrogen-bond donors (Lipinski definition) is 1. The van der Waals surface area contributed by atoms with Crippen LogP contribution in [0.5, 0.6) is 0 Å². The number of rotatable bonds is 7. The maximum Gasteiger partial charge on any atom is 0.234 e. The molecule has 0 amide bonds. The Labute approximate surface area is 186 Å². The highest BCUT2D eigenvalue weighted by Crippen LogP contribution is 2.43. The predicted molar refractivity (Wildman–Crippen MR) is 126 cm³/mol. The molecule has 0 spiro atoms. The SMILES string of the molecule is CCCCC/N=C1/C=CC(C2C(=O)C(=O)C(c3ccc(N4CCCCC4)s3)=C2O)S1. The fourth-order valence-corrected chi connectivity index (χ4v) is 6.42.